The van der Waals surface area contributed by atoms with E-state index in [4.69, 9.17) is 11.6 Å². The van der Waals surface area contributed by atoms with Crippen molar-refractivity contribution in [2.24, 2.45) is 0 Å². The number of halogens is 1. The van der Waals surface area contributed by atoms with E-state index in [-0.39, 0.29) is 5.56 Å². The number of aliphatic carboxylic acids is 1. The smallest absolute Gasteiger partial charge is 0.326 e. The third-order valence-corrected chi connectivity index (χ3v) is 5.70. The van der Waals surface area contributed by atoms with Crippen LogP contribution in [0.25, 0.3) is 21.3 Å². The minimum absolute atomic E-state index is 0.306. The molecule has 1 atom stereocenters. The molecule has 0 fully saturated rings. The van der Waals surface area contributed by atoms with Gasteiger partial charge in [0.15, 0.2) is 0 Å². The lowest BCUT2D eigenvalue weighted by atomic mass is 10.0. The fourth-order valence-electron chi connectivity index (χ4n) is 2.98. The van der Waals surface area contributed by atoms with E-state index in [1.54, 1.807) is 13.0 Å². The zero-order valence-electron chi connectivity index (χ0n) is 14.0. The van der Waals surface area contributed by atoms with Gasteiger partial charge in [0.1, 0.15) is 10.9 Å². The molecule has 25 heavy (non-hydrogen) atoms. The summed E-state index contributed by atoms with van der Waals surface area (Å²) in [5, 5.41) is 10.5. The van der Waals surface area contributed by atoms with Gasteiger partial charge in [0.2, 0.25) is 0 Å². The Morgan fingerprint density at radius 3 is 2.72 bits per heavy atom. The van der Waals surface area contributed by atoms with Gasteiger partial charge in [0.05, 0.1) is 11.7 Å². The lowest BCUT2D eigenvalue weighted by molar-refractivity contribution is -0.141. The SMILES string of the molecule is CCC(C(=O)O)n1cnc2sc(C)c(-c3ccc(Cl)c(C)c3)c2c1=O. The number of nitrogens with zero attached hydrogens (tertiary/aromatic N) is 2. The Morgan fingerprint density at radius 1 is 1.40 bits per heavy atom. The Bertz CT molecular complexity index is 1040. The highest BCUT2D eigenvalue weighted by molar-refractivity contribution is 7.19. The van der Waals surface area contributed by atoms with Crippen molar-refractivity contribution >= 4 is 39.1 Å². The standard InChI is InChI=1S/C18H17ClN2O3S/c1-4-13(18(23)24)21-8-20-16-15(17(21)22)14(10(3)25-16)11-5-6-12(19)9(2)7-11/h5-8,13H,4H2,1-3H3,(H,23,24). The average Bonchev–Trinajstić information content (AvgIpc) is 2.89. The van der Waals surface area contributed by atoms with Crippen molar-refractivity contribution in [3.8, 4) is 11.1 Å². The van der Waals surface area contributed by atoms with Crippen LogP contribution < -0.4 is 5.56 Å². The first-order valence-electron chi connectivity index (χ1n) is 7.84. The third-order valence-electron chi connectivity index (χ3n) is 4.27. The maximum absolute atomic E-state index is 13.0. The topological polar surface area (TPSA) is 72.2 Å². The summed E-state index contributed by atoms with van der Waals surface area (Å²) < 4.78 is 1.21. The molecule has 1 unspecified atom stereocenters. The number of aromatic nitrogens is 2. The minimum Gasteiger partial charge on any atom is -0.480 e. The molecule has 3 rings (SSSR count). The molecule has 1 N–H and O–H groups in total. The van der Waals surface area contributed by atoms with Crippen molar-refractivity contribution in [1.29, 1.82) is 0 Å². The predicted octanol–water partition coefficient (Wildman–Crippen LogP) is 4.43. The van der Waals surface area contributed by atoms with Gasteiger partial charge in [0.25, 0.3) is 5.56 Å². The van der Waals surface area contributed by atoms with E-state index in [1.165, 1.54) is 22.2 Å². The van der Waals surface area contributed by atoms with Crippen LogP contribution in [0.4, 0.5) is 0 Å². The van der Waals surface area contributed by atoms with E-state index < -0.39 is 12.0 Å². The number of hydrogen-bond acceptors (Lipinski definition) is 4. The molecule has 2 heterocycles. The lowest BCUT2D eigenvalue weighted by Crippen LogP contribution is -2.29. The van der Waals surface area contributed by atoms with Crippen LogP contribution >= 0.6 is 22.9 Å². The maximum Gasteiger partial charge on any atom is 0.326 e. The van der Waals surface area contributed by atoms with Gasteiger partial charge in [-0.25, -0.2) is 9.78 Å². The highest BCUT2D eigenvalue weighted by Crippen LogP contribution is 2.36. The molecule has 1 aromatic carbocycles. The van der Waals surface area contributed by atoms with Gasteiger partial charge in [-0.05, 0) is 43.5 Å². The van der Waals surface area contributed by atoms with Crippen LogP contribution in [-0.4, -0.2) is 20.6 Å². The largest absolute Gasteiger partial charge is 0.480 e. The normalized spacial score (nSPS) is 12.5. The first kappa shape index (κ1) is 17.6. The molecule has 130 valence electrons. The van der Waals surface area contributed by atoms with Gasteiger partial charge in [-0.15, -0.1) is 11.3 Å². The Morgan fingerprint density at radius 2 is 2.12 bits per heavy atom. The number of aryl methyl sites for hydroxylation is 2. The molecule has 5 nitrogen and oxygen atoms in total. The molecule has 3 aromatic rings. The minimum atomic E-state index is -1.04. The number of benzene rings is 1. The Balaban J connectivity index is 2.33. The maximum atomic E-state index is 13.0. The lowest BCUT2D eigenvalue weighted by Gasteiger charge is -2.13. The number of carboxylic acids is 1. The number of fused-ring (bicyclic) bond motifs is 1. The number of carbonyl (C=O) groups is 1. The summed E-state index contributed by atoms with van der Waals surface area (Å²) in [5.74, 6) is -1.04. The Labute approximate surface area is 153 Å². The molecule has 0 saturated carbocycles. The first-order chi connectivity index (χ1) is 11.8. The molecule has 0 aliphatic carbocycles. The summed E-state index contributed by atoms with van der Waals surface area (Å²) >= 11 is 7.54. The summed E-state index contributed by atoms with van der Waals surface area (Å²) in [4.78, 5) is 30.4. The zero-order chi connectivity index (χ0) is 18.3. The quantitative estimate of drug-likeness (QED) is 0.731. The van der Waals surface area contributed by atoms with Crippen LogP contribution in [0, 0.1) is 13.8 Å². The van der Waals surface area contributed by atoms with E-state index in [2.05, 4.69) is 4.98 Å². The van der Waals surface area contributed by atoms with Crippen LogP contribution in [0.1, 0.15) is 29.8 Å². The van der Waals surface area contributed by atoms with E-state index in [0.29, 0.717) is 21.7 Å². The zero-order valence-corrected chi connectivity index (χ0v) is 15.6. The molecule has 0 aliphatic rings. The summed E-state index contributed by atoms with van der Waals surface area (Å²) in [7, 11) is 0. The van der Waals surface area contributed by atoms with E-state index in [9.17, 15) is 14.7 Å². The molecule has 0 saturated heterocycles. The predicted molar refractivity (Wildman–Crippen MR) is 101 cm³/mol. The van der Waals surface area contributed by atoms with Crippen LogP contribution in [0.3, 0.4) is 0 Å². The molecule has 0 amide bonds. The van der Waals surface area contributed by atoms with Crippen LogP contribution in [0.5, 0.6) is 0 Å². The molecule has 0 aliphatic heterocycles. The number of rotatable bonds is 4. The number of carboxylic acid groups (broad SMARTS) is 1. The van der Waals surface area contributed by atoms with Crippen molar-refractivity contribution in [2.75, 3.05) is 0 Å². The molecular formula is C18H17ClN2O3S. The van der Waals surface area contributed by atoms with Crippen LogP contribution in [0.15, 0.2) is 29.3 Å². The van der Waals surface area contributed by atoms with E-state index >= 15 is 0 Å². The number of hydrogen-bond donors (Lipinski definition) is 1. The number of thiophene rings is 1. The molecular weight excluding hydrogens is 360 g/mol. The third kappa shape index (κ3) is 2.96. The van der Waals surface area contributed by atoms with Gasteiger partial charge < -0.3 is 5.11 Å². The van der Waals surface area contributed by atoms with Crippen LogP contribution in [0.2, 0.25) is 5.02 Å². The molecule has 7 heteroatoms. The van der Waals surface area contributed by atoms with Gasteiger partial charge in [-0.2, -0.15) is 0 Å². The van der Waals surface area contributed by atoms with Crippen molar-refractivity contribution in [3.63, 3.8) is 0 Å². The highest BCUT2D eigenvalue weighted by Gasteiger charge is 2.23. The van der Waals surface area contributed by atoms with E-state index in [1.807, 2.05) is 26.0 Å². The van der Waals surface area contributed by atoms with Crippen molar-refractivity contribution in [3.05, 3.63) is 50.3 Å². The fourth-order valence-corrected chi connectivity index (χ4v) is 4.10. The second kappa shape index (κ2) is 6.61. The second-order valence-electron chi connectivity index (χ2n) is 5.90. The monoisotopic (exact) mass is 376 g/mol. The van der Waals surface area contributed by atoms with Gasteiger partial charge >= 0.3 is 5.97 Å². The van der Waals surface area contributed by atoms with Crippen molar-refractivity contribution < 1.29 is 9.90 Å². The Kier molecular flexibility index (Phi) is 4.67. The molecule has 0 bridgehead atoms. The molecule has 2 aromatic heterocycles. The van der Waals surface area contributed by atoms with Crippen LogP contribution in [-0.2, 0) is 4.79 Å². The van der Waals surface area contributed by atoms with Gasteiger partial charge in [-0.3, -0.25) is 9.36 Å². The molecule has 0 radical (unpaired) electrons. The van der Waals surface area contributed by atoms with Gasteiger partial charge in [-0.1, -0.05) is 24.6 Å². The fraction of sp³-hybridized carbons (Fsp3) is 0.278. The first-order valence-corrected chi connectivity index (χ1v) is 9.04. The molecule has 0 spiro atoms. The second-order valence-corrected chi connectivity index (χ2v) is 7.51. The van der Waals surface area contributed by atoms with Crippen molar-refractivity contribution in [1.82, 2.24) is 9.55 Å². The highest BCUT2D eigenvalue weighted by atomic mass is 35.5. The summed E-state index contributed by atoms with van der Waals surface area (Å²) in [5.41, 5.74) is 2.27. The summed E-state index contributed by atoms with van der Waals surface area (Å²) in [6, 6.07) is 4.68. The van der Waals surface area contributed by atoms with Gasteiger partial charge in [0, 0.05) is 15.5 Å². The average molecular weight is 377 g/mol. The Hall–Kier alpha value is -2.18. The van der Waals surface area contributed by atoms with E-state index in [0.717, 1.165) is 21.6 Å². The van der Waals surface area contributed by atoms with Crippen molar-refractivity contribution in [2.45, 2.75) is 33.2 Å². The summed E-state index contributed by atoms with van der Waals surface area (Å²) in [6.07, 6.45) is 1.64. The summed E-state index contributed by atoms with van der Waals surface area (Å²) in [6.45, 7) is 5.57.